The largest absolute Gasteiger partial charge is 0.273 e. The number of hydroxylamine groups is 2. The zero-order chi connectivity index (χ0) is 12.1. The molecule has 1 fully saturated rings. The summed E-state index contributed by atoms with van der Waals surface area (Å²) in [6, 6.07) is 8.33. The molecule has 3 nitrogen and oxygen atoms in total. The molecule has 1 aromatic rings. The van der Waals surface area contributed by atoms with E-state index in [1.54, 1.807) is 0 Å². The Balaban J connectivity index is 1.81. The Morgan fingerprint density at radius 2 is 2.06 bits per heavy atom. The van der Waals surface area contributed by atoms with Crippen molar-refractivity contribution in [3.63, 3.8) is 0 Å². The zero-order valence-corrected chi connectivity index (χ0v) is 10.3. The van der Waals surface area contributed by atoms with Crippen LogP contribution in [0, 0.1) is 6.92 Å². The van der Waals surface area contributed by atoms with E-state index in [-0.39, 0.29) is 5.91 Å². The summed E-state index contributed by atoms with van der Waals surface area (Å²) >= 11 is 0. The van der Waals surface area contributed by atoms with Crippen LogP contribution in [0.3, 0.4) is 0 Å². The first-order chi connectivity index (χ1) is 8.25. The predicted molar refractivity (Wildman–Crippen MR) is 66.4 cm³/mol. The summed E-state index contributed by atoms with van der Waals surface area (Å²) < 4.78 is 0. The van der Waals surface area contributed by atoms with E-state index in [4.69, 9.17) is 4.84 Å². The van der Waals surface area contributed by atoms with Gasteiger partial charge in [0.05, 0.1) is 6.61 Å². The molecule has 0 radical (unpaired) electrons. The monoisotopic (exact) mass is 233 g/mol. The molecular formula is C14H19NO2. The van der Waals surface area contributed by atoms with Crippen molar-refractivity contribution in [2.24, 2.45) is 0 Å². The minimum atomic E-state index is 0.102. The quantitative estimate of drug-likeness (QED) is 0.802. The third kappa shape index (κ3) is 3.56. The Hall–Kier alpha value is -1.35. The molecule has 17 heavy (non-hydrogen) atoms. The van der Waals surface area contributed by atoms with Gasteiger partial charge in [0.25, 0.3) is 0 Å². The van der Waals surface area contributed by atoms with Crippen LogP contribution in [-0.2, 0) is 16.1 Å². The number of benzene rings is 1. The lowest BCUT2D eigenvalue weighted by Crippen LogP contribution is -2.35. The molecule has 1 aromatic carbocycles. The van der Waals surface area contributed by atoms with Crippen LogP contribution in [-0.4, -0.2) is 24.1 Å². The van der Waals surface area contributed by atoms with Crippen molar-refractivity contribution in [1.29, 1.82) is 0 Å². The molecule has 92 valence electrons. The number of nitrogens with zero attached hydrogens (tertiary/aromatic N) is 1. The lowest BCUT2D eigenvalue weighted by Gasteiger charge is -2.25. The summed E-state index contributed by atoms with van der Waals surface area (Å²) in [5.74, 6) is 0.102. The summed E-state index contributed by atoms with van der Waals surface area (Å²) in [5.41, 5.74) is 2.46. The molecule has 0 N–H and O–H groups in total. The molecule has 1 saturated heterocycles. The van der Waals surface area contributed by atoms with E-state index in [1.807, 2.05) is 0 Å². The Morgan fingerprint density at radius 1 is 1.29 bits per heavy atom. The van der Waals surface area contributed by atoms with Crippen LogP contribution in [0.4, 0.5) is 0 Å². The average molecular weight is 233 g/mol. The number of aryl methyl sites for hydroxylation is 2. The van der Waals surface area contributed by atoms with Gasteiger partial charge < -0.3 is 0 Å². The molecule has 3 heteroatoms. The van der Waals surface area contributed by atoms with Crippen molar-refractivity contribution in [1.82, 2.24) is 5.06 Å². The van der Waals surface area contributed by atoms with E-state index in [2.05, 4.69) is 31.2 Å². The van der Waals surface area contributed by atoms with Gasteiger partial charge in [-0.1, -0.05) is 29.8 Å². The SMILES string of the molecule is Cc1ccc(CCC(=O)N2CCCCO2)cc1. The van der Waals surface area contributed by atoms with E-state index in [0.29, 0.717) is 13.0 Å². The maximum absolute atomic E-state index is 11.8. The van der Waals surface area contributed by atoms with Crippen molar-refractivity contribution in [2.75, 3.05) is 13.2 Å². The van der Waals surface area contributed by atoms with Gasteiger partial charge in [-0.05, 0) is 31.7 Å². The van der Waals surface area contributed by atoms with E-state index in [1.165, 1.54) is 16.2 Å². The lowest BCUT2D eigenvalue weighted by molar-refractivity contribution is -0.197. The van der Waals surface area contributed by atoms with Crippen LogP contribution in [0.25, 0.3) is 0 Å². The van der Waals surface area contributed by atoms with Crippen LogP contribution in [0.1, 0.15) is 30.4 Å². The maximum atomic E-state index is 11.8. The molecule has 1 amide bonds. The minimum absolute atomic E-state index is 0.102. The van der Waals surface area contributed by atoms with Gasteiger partial charge in [0.15, 0.2) is 0 Å². The Morgan fingerprint density at radius 3 is 2.71 bits per heavy atom. The number of hydrogen-bond acceptors (Lipinski definition) is 2. The van der Waals surface area contributed by atoms with Crippen LogP contribution in [0.15, 0.2) is 24.3 Å². The van der Waals surface area contributed by atoms with Gasteiger partial charge in [-0.3, -0.25) is 9.63 Å². The van der Waals surface area contributed by atoms with E-state index in [9.17, 15) is 4.79 Å². The van der Waals surface area contributed by atoms with Gasteiger partial charge in [-0.25, -0.2) is 5.06 Å². The van der Waals surface area contributed by atoms with Gasteiger partial charge in [-0.2, -0.15) is 0 Å². The normalized spacial score (nSPS) is 15.9. The molecule has 0 bridgehead atoms. The summed E-state index contributed by atoms with van der Waals surface area (Å²) in [6.45, 7) is 3.49. The summed E-state index contributed by atoms with van der Waals surface area (Å²) in [5, 5.41) is 1.53. The number of hydrogen-bond donors (Lipinski definition) is 0. The zero-order valence-electron chi connectivity index (χ0n) is 10.3. The fourth-order valence-electron chi connectivity index (χ4n) is 1.92. The minimum Gasteiger partial charge on any atom is -0.273 e. The fourth-order valence-corrected chi connectivity index (χ4v) is 1.92. The van der Waals surface area contributed by atoms with Crippen molar-refractivity contribution in [3.8, 4) is 0 Å². The molecule has 2 rings (SSSR count). The highest BCUT2D eigenvalue weighted by Gasteiger charge is 2.17. The number of carbonyl (C=O) groups excluding carboxylic acids is 1. The highest BCUT2D eigenvalue weighted by Crippen LogP contribution is 2.10. The number of amides is 1. The number of carbonyl (C=O) groups is 1. The molecule has 1 aliphatic heterocycles. The lowest BCUT2D eigenvalue weighted by atomic mass is 10.1. The molecule has 0 unspecified atom stereocenters. The maximum Gasteiger partial charge on any atom is 0.246 e. The molecule has 0 atom stereocenters. The third-order valence-corrected chi connectivity index (χ3v) is 3.03. The summed E-state index contributed by atoms with van der Waals surface area (Å²) in [6.07, 6.45) is 3.43. The summed E-state index contributed by atoms with van der Waals surface area (Å²) in [7, 11) is 0. The van der Waals surface area contributed by atoms with Gasteiger partial charge in [0.2, 0.25) is 5.91 Å². The molecule has 1 aliphatic rings. The molecule has 0 saturated carbocycles. The first-order valence-electron chi connectivity index (χ1n) is 6.24. The van der Waals surface area contributed by atoms with Crippen molar-refractivity contribution in [3.05, 3.63) is 35.4 Å². The topological polar surface area (TPSA) is 29.5 Å². The summed E-state index contributed by atoms with van der Waals surface area (Å²) in [4.78, 5) is 17.2. The molecule has 0 aromatic heterocycles. The Labute approximate surface area is 102 Å². The highest BCUT2D eigenvalue weighted by molar-refractivity contribution is 5.75. The van der Waals surface area contributed by atoms with Crippen molar-refractivity contribution >= 4 is 5.91 Å². The standard InChI is InChI=1S/C14H19NO2/c1-12-4-6-13(7-5-12)8-9-14(16)15-10-2-3-11-17-15/h4-7H,2-3,8-11H2,1H3. The van der Waals surface area contributed by atoms with Gasteiger partial charge in [0, 0.05) is 13.0 Å². The predicted octanol–water partition coefficient (Wildman–Crippen LogP) is 2.48. The molecule has 1 heterocycles. The van der Waals surface area contributed by atoms with E-state index < -0.39 is 0 Å². The van der Waals surface area contributed by atoms with Gasteiger partial charge >= 0.3 is 0 Å². The van der Waals surface area contributed by atoms with Crippen LogP contribution in [0.2, 0.25) is 0 Å². The van der Waals surface area contributed by atoms with Crippen molar-refractivity contribution in [2.45, 2.75) is 32.6 Å². The van der Waals surface area contributed by atoms with Gasteiger partial charge in [0.1, 0.15) is 0 Å². The molecule has 0 aliphatic carbocycles. The first-order valence-corrected chi connectivity index (χ1v) is 6.24. The highest BCUT2D eigenvalue weighted by atomic mass is 16.7. The van der Waals surface area contributed by atoms with Crippen molar-refractivity contribution < 1.29 is 9.63 Å². The molecular weight excluding hydrogens is 214 g/mol. The second-order valence-electron chi connectivity index (χ2n) is 4.52. The molecule has 0 spiro atoms. The number of rotatable bonds is 3. The third-order valence-electron chi connectivity index (χ3n) is 3.03. The smallest absolute Gasteiger partial charge is 0.246 e. The van der Waals surface area contributed by atoms with Crippen LogP contribution < -0.4 is 0 Å². The second kappa shape index (κ2) is 5.82. The fraction of sp³-hybridized carbons (Fsp3) is 0.500. The average Bonchev–Trinajstić information content (AvgIpc) is 2.39. The van der Waals surface area contributed by atoms with Gasteiger partial charge in [-0.15, -0.1) is 0 Å². The van der Waals surface area contributed by atoms with Crippen LogP contribution >= 0.6 is 0 Å². The van der Waals surface area contributed by atoms with E-state index in [0.717, 1.165) is 25.8 Å². The first kappa shape index (κ1) is 12.1. The Bertz CT molecular complexity index is 366. The Kier molecular flexibility index (Phi) is 4.15. The van der Waals surface area contributed by atoms with Crippen LogP contribution in [0.5, 0.6) is 0 Å². The van der Waals surface area contributed by atoms with E-state index >= 15 is 0 Å². The second-order valence-corrected chi connectivity index (χ2v) is 4.52.